The number of aromatic nitrogens is 2. The third-order valence-corrected chi connectivity index (χ3v) is 5.98. The zero-order valence-electron chi connectivity index (χ0n) is 14.9. The maximum absolute atomic E-state index is 12.8. The highest BCUT2D eigenvalue weighted by atomic mass is 32.2. The lowest BCUT2D eigenvalue weighted by Crippen LogP contribution is -2.32. The first kappa shape index (κ1) is 19.2. The van der Waals surface area contributed by atoms with Gasteiger partial charge in [0.2, 0.25) is 0 Å². The number of nitrogens with zero attached hydrogens (tertiary/aromatic N) is 3. The van der Waals surface area contributed by atoms with E-state index in [1.54, 1.807) is 13.0 Å². The Morgan fingerprint density at radius 2 is 1.71 bits per heavy atom. The van der Waals surface area contributed by atoms with Crippen molar-refractivity contribution in [1.29, 1.82) is 0 Å². The number of carbonyl (C=O) groups is 1. The summed E-state index contributed by atoms with van der Waals surface area (Å²) >= 11 is 0. The van der Waals surface area contributed by atoms with Crippen LogP contribution in [0.15, 0.2) is 64.5 Å². The van der Waals surface area contributed by atoms with E-state index in [0.29, 0.717) is 8.54 Å². The normalized spacial score (nSPS) is 11.4. The van der Waals surface area contributed by atoms with Gasteiger partial charge < -0.3 is 0 Å². The van der Waals surface area contributed by atoms with Gasteiger partial charge in [-0.1, -0.05) is 18.2 Å². The maximum atomic E-state index is 12.8. The highest BCUT2D eigenvalue weighted by molar-refractivity contribution is 7.90. The molecule has 0 spiro atoms. The Balaban J connectivity index is 2.10. The minimum atomic E-state index is -4.23. The number of hydrogen-bond acceptors (Lipinski definition) is 6. The first-order valence-electron chi connectivity index (χ1n) is 8.05. The zero-order valence-corrected chi connectivity index (χ0v) is 15.7. The van der Waals surface area contributed by atoms with Crippen LogP contribution in [-0.4, -0.2) is 27.8 Å². The molecule has 1 heterocycles. The lowest BCUT2D eigenvalue weighted by Gasteiger charge is -2.07. The van der Waals surface area contributed by atoms with E-state index in [9.17, 15) is 28.1 Å². The monoisotopic (exact) mass is 401 g/mol. The van der Waals surface area contributed by atoms with E-state index in [2.05, 4.69) is 0 Å². The van der Waals surface area contributed by atoms with Crippen molar-refractivity contribution in [1.82, 2.24) is 8.54 Å². The van der Waals surface area contributed by atoms with Crippen molar-refractivity contribution in [2.75, 3.05) is 0 Å². The summed E-state index contributed by atoms with van der Waals surface area (Å²) in [6, 6.07) is 9.52. The summed E-state index contributed by atoms with van der Waals surface area (Å²) in [5.41, 5.74) is -0.332. The molecule has 144 valence electrons. The average molecular weight is 401 g/mol. The standard InChI is InChI=1S/C18H15N3O6S/c1-12-7-8-14(11-13(12)2)28(26,27)20-10-9-19(18(20)23)17(22)15-5-3-4-6-16(15)21(24)25/h3-11H,1-2H3. The third kappa shape index (κ3) is 3.14. The summed E-state index contributed by atoms with van der Waals surface area (Å²) < 4.78 is 26.6. The summed E-state index contributed by atoms with van der Waals surface area (Å²) in [5, 5.41) is 11.1. The van der Waals surface area contributed by atoms with Crippen molar-refractivity contribution in [3.63, 3.8) is 0 Å². The van der Waals surface area contributed by atoms with Crippen LogP contribution < -0.4 is 5.69 Å². The van der Waals surface area contributed by atoms with Gasteiger partial charge in [-0.05, 0) is 43.2 Å². The molecule has 0 atom stereocenters. The predicted molar refractivity (Wildman–Crippen MR) is 100 cm³/mol. The molecular weight excluding hydrogens is 386 g/mol. The van der Waals surface area contributed by atoms with Gasteiger partial charge in [-0.15, -0.1) is 0 Å². The van der Waals surface area contributed by atoms with E-state index in [0.717, 1.165) is 29.6 Å². The molecule has 0 fully saturated rings. The largest absolute Gasteiger partial charge is 0.349 e. The second kappa shape index (κ2) is 6.89. The Morgan fingerprint density at radius 3 is 2.36 bits per heavy atom. The van der Waals surface area contributed by atoms with Crippen molar-refractivity contribution in [3.05, 3.63) is 92.1 Å². The molecule has 0 aliphatic rings. The SMILES string of the molecule is Cc1ccc(S(=O)(=O)n2ccn(C(=O)c3ccccc3[N+](=O)[O-])c2=O)cc1C. The van der Waals surface area contributed by atoms with Gasteiger partial charge in [0.05, 0.1) is 9.82 Å². The molecule has 0 aliphatic carbocycles. The highest BCUT2D eigenvalue weighted by Gasteiger charge is 2.26. The molecule has 0 aliphatic heterocycles. The first-order chi connectivity index (χ1) is 13.1. The first-order valence-corrected chi connectivity index (χ1v) is 9.49. The van der Waals surface area contributed by atoms with Gasteiger partial charge in [0, 0.05) is 18.5 Å². The number of nitro groups is 1. The van der Waals surface area contributed by atoms with Gasteiger partial charge in [0.1, 0.15) is 5.56 Å². The molecule has 3 aromatic rings. The summed E-state index contributed by atoms with van der Waals surface area (Å²) in [5.74, 6) is -0.994. The van der Waals surface area contributed by atoms with Crippen LogP contribution in [-0.2, 0) is 10.0 Å². The van der Waals surface area contributed by atoms with Crippen molar-refractivity contribution >= 4 is 21.6 Å². The number of hydrogen-bond donors (Lipinski definition) is 0. The van der Waals surface area contributed by atoms with E-state index in [-0.39, 0.29) is 10.5 Å². The Labute approximate surface area is 159 Å². The lowest BCUT2D eigenvalue weighted by molar-refractivity contribution is -0.385. The molecule has 0 N–H and O–H groups in total. The van der Waals surface area contributed by atoms with Crippen LogP contribution in [0.3, 0.4) is 0 Å². The van der Waals surface area contributed by atoms with Crippen molar-refractivity contribution < 1.29 is 18.1 Å². The molecule has 9 nitrogen and oxygen atoms in total. The molecule has 0 unspecified atom stereocenters. The van der Waals surface area contributed by atoms with Crippen LogP contribution in [0.1, 0.15) is 21.5 Å². The number of rotatable bonds is 4. The van der Waals surface area contributed by atoms with Gasteiger partial charge in [-0.3, -0.25) is 14.9 Å². The summed E-state index contributed by atoms with van der Waals surface area (Å²) in [6.07, 6.45) is 1.92. The van der Waals surface area contributed by atoms with E-state index in [1.165, 1.54) is 30.3 Å². The summed E-state index contributed by atoms with van der Waals surface area (Å²) in [6.45, 7) is 3.56. The summed E-state index contributed by atoms with van der Waals surface area (Å²) in [4.78, 5) is 35.5. The Morgan fingerprint density at radius 1 is 1.04 bits per heavy atom. The highest BCUT2D eigenvalue weighted by Crippen LogP contribution is 2.19. The number of para-hydroxylation sites is 1. The van der Waals surface area contributed by atoms with Crippen LogP contribution in [0.25, 0.3) is 0 Å². The van der Waals surface area contributed by atoms with Gasteiger partial charge in [0.25, 0.3) is 21.6 Å². The van der Waals surface area contributed by atoms with Crippen molar-refractivity contribution in [3.8, 4) is 0 Å². The van der Waals surface area contributed by atoms with Crippen LogP contribution >= 0.6 is 0 Å². The number of benzene rings is 2. The molecule has 0 amide bonds. The van der Waals surface area contributed by atoms with Gasteiger partial charge in [-0.2, -0.15) is 3.97 Å². The van der Waals surface area contributed by atoms with E-state index >= 15 is 0 Å². The molecule has 3 rings (SSSR count). The molecule has 0 radical (unpaired) electrons. The predicted octanol–water partition coefficient (Wildman–Crippen LogP) is 2.10. The Kier molecular flexibility index (Phi) is 4.73. The minimum Gasteiger partial charge on any atom is -0.268 e. The fraction of sp³-hybridized carbons (Fsp3) is 0.111. The molecule has 28 heavy (non-hydrogen) atoms. The van der Waals surface area contributed by atoms with Crippen molar-refractivity contribution in [2.24, 2.45) is 0 Å². The van der Waals surface area contributed by atoms with Gasteiger partial charge in [0.15, 0.2) is 0 Å². The fourth-order valence-corrected chi connectivity index (χ4v) is 3.93. The van der Waals surface area contributed by atoms with Crippen LogP contribution in [0.2, 0.25) is 0 Å². The second-order valence-corrected chi connectivity index (χ2v) is 7.89. The van der Waals surface area contributed by atoms with Crippen molar-refractivity contribution in [2.45, 2.75) is 18.7 Å². The molecule has 0 saturated heterocycles. The second-order valence-electron chi connectivity index (χ2n) is 6.08. The number of aryl methyl sites for hydroxylation is 2. The molecule has 2 aromatic carbocycles. The van der Waals surface area contributed by atoms with Gasteiger partial charge in [-0.25, -0.2) is 17.8 Å². The van der Waals surface area contributed by atoms with E-state index in [4.69, 9.17) is 0 Å². The molecule has 0 bridgehead atoms. The molecule has 1 aromatic heterocycles. The smallest absolute Gasteiger partial charge is 0.268 e. The average Bonchev–Trinajstić information content (AvgIpc) is 3.05. The fourth-order valence-electron chi connectivity index (χ4n) is 2.63. The maximum Gasteiger partial charge on any atom is 0.349 e. The zero-order chi connectivity index (χ0) is 20.6. The van der Waals surface area contributed by atoms with E-state index < -0.39 is 32.2 Å². The lowest BCUT2D eigenvalue weighted by atomic mass is 10.1. The van der Waals surface area contributed by atoms with E-state index in [1.807, 2.05) is 6.92 Å². The van der Waals surface area contributed by atoms with Crippen LogP contribution in [0.5, 0.6) is 0 Å². The topological polar surface area (TPSA) is 121 Å². The molecule has 0 saturated carbocycles. The summed E-state index contributed by atoms with van der Waals surface area (Å²) in [7, 11) is -4.23. The Hall–Kier alpha value is -3.53. The minimum absolute atomic E-state index is 0.103. The number of imidazole rings is 1. The Bertz CT molecular complexity index is 1270. The quantitative estimate of drug-likeness (QED) is 0.487. The van der Waals surface area contributed by atoms with Crippen LogP contribution in [0.4, 0.5) is 5.69 Å². The number of carbonyl (C=O) groups excluding carboxylic acids is 1. The molecular formula is C18H15N3O6S. The molecule has 10 heteroatoms. The third-order valence-electron chi connectivity index (χ3n) is 4.33. The van der Waals surface area contributed by atoms with Crippen LogP contribution in [0, 0.1) is 24.0 Å². The number of nitro benzene ring substituents is 1. The van der Waals surface area contributed by atoms with Gasteiger partial charge >= 0.3 is 5.69 Å².